The first-order valence-electron chi connectivity index (χ1n) is 3.05. The minimum Gasteiger partial charge on any atom is -0.276 e. The van der Waals surface area contributed by atoms with Crippen molar-refractivity contribution in [3.63, 3.8) is 0 Å². The first-order valence-corrected chi connectivity index (χ1v) is 4.18. The zero-order valence-electron chi connectivity index (χ0n) is 6.40. The molecule has 0 aromatic rings. The molecular formula is C8H7Cl3O. The van der Waals surface area contributed by atoms with E-state index in [1.54, 1.807) is 6.92 Å². The molecule has 0 aromatic carbocycles. The number of allylic oxidation sites excluding steroid dienone is 5. The maximum atomic E-state index is 10.8. The zero-order chi connectivity index (χ0) is 9.72. The molecular weight excluding hydrogens is 218 g/mol. The van der Waals surface area contributed by atoms with Gasteiger partial charge in [0, 0.05) is 5.03 Å². The summed E-state index contributed by atoms with van der Waals surface area (Å²) in [5, 5.41) is -0.0334. The SMILES string of the molecule is C=C/C(Cl)=C(\C=C(/C)Cl)C(=O)Cl. The van der Waals surface area contributed by atoms with Gasteiger partial charge >= 0.3 is 0 Å². The van der Waals surface area contributed by atoms with Gasteiger partial charge in [-0.1, -0.05) is 29.8 Å². The third kappa shape index (κ3) is 3.96. The van der Waals surface area contributed by atoms with Crippen molar-refractivity contribution in [3.8, 4) is 0 Å². The molecule has 0 bridgehead atoms. The highest BCUT2D eigenvalue weighted by Crippen LogP contribution is 2.17. The van der Waals surface area contributed by atoms with Crippen molar-refractivity contribution >= 4 is 40.0 Å². The van der Waals surface area contributed by atoms with Crippen molar-refractivity contribution in [2.24, 2.45) is 0 Å². The third-order valence-corrected chi connectivity index (χ3v) is 1.66. The fraction of sp³-hybridized carbons (Fsp3) is 0.125. The van der Waals surface area contributed by atoms with Gasteiger partial charge in [0.15, 0.2) is 0 Å². The van der Waals surface area contributed by atoms with Crippen molar-refractivity contribution in [3.05, 3.63) is 34.4 Å². The molecule has 0 saturated heterocycles. The Balaban J connectivity index is 5.06. The fourth-order valence-electron chi connectivity index (χ4n) is 0.528. The molecule has 0 atom stereocenters. The Morgan fingerprint density at radius 2 is 1.83 bits per heavy atom. The molecule has 0 radical (unpaired) electrons. The van der Waals surface area contributed by atoms with Crippen LogP contribution in [0, 0.1) is 0 Å². The smallest absolute Gasteiger partial charge is 0.253 e. The maximum Gasteiger partial charge on any atom is 0.253 e. The molecule has 66 valence electrons. The highest BCUT2D eigenvalue weighted by atomic mass is 35.5. The monoisotopic (exact) mass is 224 g/mol. The molecule has 0 spiro atoms. The van der Waals surface area contributed by atoms with Crippen LogP contribution in [-0.4, -0.2) is 5.24 Å². The van der Waals surface area contributed by atoms with E-state index in [1.165, 1.54) is 12.2 Å². The average molecular weight is 226 g/mol. The third-order valence-electron chi connectivity index (χ3n) is 0.992. The number of carbonyl (C=O) groups excluding carboxylic acids is 1. The summed E-state index contributed by atoms with van der Waals surface area (Å²) in [6, 6.07) is 0. The highest BCUT2D eigenvalue weighted by Gasteiger charge is 2.06. The molecule has 0 aromatic heterocycles. The van der Waals surface area contributed by atoms with Gasteiger partial charge in [-0.05, 0) is 30.7 Å². The van der Waals surface area contributed by atoms with Crippen LogP contribution in [0.5, 0.6) is 0 Å². The molecule has 0 unspecified atom stereocenters. The van der Waals surface area contributed by atoms with E-state index in [0.29, 0.717) is 5.03 Å². The van der Waals surface area contributed by atoms with E-state index in [-0.39, 0.29) is 10.6 Å². The molecule has 1 nitrogen and oxygen atoms in total. The van der Waals surface area contributed by atoms with Crippen LogP contribution in [0.1, 0.15) is 6.92 Å². The molecule has 4 heteroatoms. The van der Waals surface area contributed by atoms with Crippen LogP contribution < -0.4 is 0 Å². The molecule has 0 N–H and O–H groups in total. The number of hydrogen-bond donors (Lipinski definition) is 0. The van der Waals surface area contributed by atoms with Crippen LogP contribution >= 0.6 is 34.8 Å². The van der Waals surface area contributed by atoms with Gasteiger partial charge in [0.25, 0.3) is 5.24 Å². The van der Waals surface area contributed by atoms with Crippen LogP contribution in [0.4, 0.5) is 0 Å². The zero-order valence-corrected chi connectivity index (χ0v) is 8.67. The van der Waals surface area contributed by atoms with Gasteiger partial charge in [0.2, 0.25) is 0 Å². The summed E-state index contributed by atoms with van der Waals surface area (Å²) < 4.78 is 0. The summed E-state index contributed by atoms with van der Waals surface area (Å²) >= 11 is 16.4. The lowest BCUT2D eigenvalue weighted by molar-refractivity contribution is -0.108. The van der Waals surface area contributed by atoms with E-state index < -0.39 is 5.24 Å². The second-order valence-corrected chi connectivity index (χ2v) is 3.32. The lowest BCUT2D eigenvalue weighted by Gasteiger charge is -1.96. The highest BCUT2D eigenvalue weighted by molar-refractivity contribution is 6.69. The van der Waals surface area contributed by atoms with Crippen LogP contribution in [0.2, 0.25) is 0 Å². The maximum absolute atomic E-state index is 10.8. The van der Waals surface area contributed by atoms with Crippen molar-refractivity contribution in [2.75, 3.05) is 0 Å². The minimum atomic E-state index is -0.653. The van der Waals surface area contributed by atoms with Crippen LogP contribution in [0.15, 0.2) is 34.4 Å². The van der Waals surface area contributed by atoms with Crippen LogP contribution in [0.25, 0.3) is 0 Å². The largest absolute Gasteiger partial charge is 0.276 e. The number of rotatable bonds is 3. The Morgan fingerprint density at radius 1 is 1.33 bits per heavy atom. The number of carbonyl (C=O) groups is 1. The molecule has 0 fully saturated rings. The lowest BCUT2D eigenvalue weighted by atomic mass is 10.2. The molecule has 0 aliphatic heterocycles. The Morgan fingerprint density at radius 3 is 2.08 bits per heavy atom. The van der Waals surface area contributed by atoms with Gasteiger partial charge in [-0.3, -0.25) is 4.79 Å². The Hall–Kier alpha value is -0.240. The standard InChI is InChI=1S/C8H7Cl3O/c1-3-7(10)6(8(11)12)4-5(2)9/h3-4H,1H2,2H3/b5-4+,7-6-. The number of halogens is 3. The van der Waals surface area contributed by atoms with Gasteiger partial charge in [-0.15, -0.1) is 0 Å². The topological polar surface area (TPSA) is 17.1 Å². The summed E-state index contributed by atoms with van der Waals surface area (Å²) in [7, 11) is 0. The summed E-state index contributed by atoms with van der Waals surface area (Å²) in [4.78, 5) is 10.8. The molecule has 0 aliphatic carbocycles. The van der Waals surface area contributed by atoms with Crippen LogP contribution in [-0.2, 0) is 4.79 Å². The van der Waals surface area contributed by atoms with Crippen molar-refractivity contribution in [2.45, 2.75) is 6.92 Å². The lowest BCUT2D eigenvalue weighted by Crippen LogP contribution is -1.92. The fourth-order valence-corrected chi connectivity index (χ4v) is 0.983. The predicted molar refractivity (Wildman–Crippen MR) is 53.5 cm³/mol. The van der Waals surface area contributed by atoms with Crippen molar-refractivity contribution in [1.82, 2.24) is 0 Å². The second-order valence-electron chi connectivity index (χ2n) is 1.97. The predicted octanol–water partition coefficient (Wildman–Crippen LogP) is 3.57. The Kier molecular flexibility index (Phi) is 5.31. The molecule has 0 amide bonds. The van der Waals surface area contributed by atoms with E-state index in [9.17, 15) is 4.79 Å². The first-order chi connectivity index (χ1) is 5.49. The summed E-state index contributed by atoms with van der Waals surface area (Å²) in [5.41, 5.74) is 0.154. The average Bonchev–Trinajstić information content (AvgIpc) is 1.98. The van der Waals surface area contributed by atoms with Gasteiger partial charge in [0.05, 0.1) is 10.6 Å². The molecule has 0 saturated carbocycles. The Bertz CT molecular complexity index is 259. The van der Waals surface area contributed by atoms with E-state index in [0.717, 1.165) is 0 Å². The van der Waals surface area contributed by atoms with Gasteiger partial charge in [0.1, 0.15) is 0 Å². The normalized spacial score (nSPS) is 13.8. The minimum absolute atomic E-state index is 0.154. The Labute approximate surface area is 86.3 Å². The molecule has 0 heterocycles. The van der Waals surface area contributed by atoms with Gasteiger partial charge < -0.3 is 0 Å². The van der Waals surface area contributed by atoms with E-state index >= 15 is 0 Å². The second kappa shape index (κ2) is 5.41. The van der Waals surface area contributed by atoms with E-state index in [1.807, 2.05) is 0 Å². The number of hydrogen-bond acceptors (Lipinski definition) is 1. The van der Waals surface area contributed by atoms with Gasteiger partial charge in [-0.2, -0.15) is 0 Å². The van der Waals surface area contributed by atoms with Crippen LogP contribution in [0.3, 0.4) is 0 Å². The first kappa shape index (κ1) is 11.8. The molecule has 12 heavy (non-hydrogen) atoms. The summed E-state index contributed by atoms with van der Waals surface area (Å²) in [6.45, 7) is 5.02. The summed E-state index contributed by atoms with van der Waals surface area (Å²) in [6.07, 6.45) is 2.72. The van der Waals surface area contributed by atoms with Crippen molar-refractivity contribution in [1.29, 1.82) is 0 Å². The van der Waals surface area contributed by atoms with Crippen molar-refractivity contribution < 1.29 is 4.79 Å². The van der Waals surface area contributed by atoms with E-state index in [4.69, 9.17) is 34.8 Å². The quantitative estimate of drug-likeness (QED) is 0.408. The molecule has 0 rings (SSSR count). The summed E-state index contributed by atoms with van der Waals surface area (Å²) in [5.74, 6) is 0. The van der Waals surface area contributed by atoms with E-state index in [2.05, 4.69) is 6.58 Å². The van der Waals surface area contributed by atoms with Gasteiger partial charge in [-0.25, -0.2) is 0 Å². The molecule has 0 aliphatic rings.